The number of nitro benzene ring substituents is 1. The standard InChI is InChI=1S/C14H19NO5S/c1-4-20-14(16)8-5-10(2)21-13-9-11(19-3)6-7-12(13)15(17)18/h6-7,9-10H,4-5,8H2,1-3H3/t10-/m0/s1. The summed E-state index contributed by atoms with van der Waals surface area (Å²) in [6.45, 7) is 4.05. The van der Waals surface area contributed by atoms with Crippen LogP contribution in [0, 0.1) is 10.1 Å². The Hall–Kier alpha value is -1.76. The predicted molar refractivity (Wildman–Crippen MR) is 80.8 cm³/mol. The first-order valence-corrected chi connectivity index (χ1v) is 7.50. The van der Waals surface area contributed by atoms with Crippen molar-refractivity contribution < 1.29 is 19.2 Å². The van der Waals surface area contributed by atoms with Gasteiger partial charge < -0.3 is 9.47 Å². The van der Waals surface area contributed by atoms with Gasteiger partial charge >= 0.3 is 5.97 Å². The van der Waals surface area contributed by atoms with Gasteiger partial charge in [-0.2, -0.15) is 0 Å². The molecule has 21 heavy (non-hydrogen) atoms. The van der Waals surface area contributed by atoms with Gasteiger partial charge in [0.05, 0.1) is 23.5 Å². The summed E-state index contributed by atoms with van der Waals surface area (Å²) in [6.07, 6.45) is 0.900. The molecular weight excluding hydrogens is 294 g/mol. The van der Waals surface area contributed by atoms with Crippen molar-refractivity contribution in [3.05, 3.63) is 28.3 Å². The van der Waals surface area contributed by atoms with Crippen LogP contribution in [-0.2, 0) is 9.53 Å². The van der Waals surface area contributed by atoms with Crippen molar-refractivity contribution in [2.75, 3.05) is 13.7 Å². The third-order valence-corrected chi connectivity index (χ3v) is 3.97. The molecule has 0 spiro atoms. The van der Waals surface area contributed by atoms with E-state index in [-0.39, 0.29) is 16.9 Å². The van der Waals surface area contributed by atoms with Gasteiger partial charge in [0.15, 0.2) is 0 Å². The Bertz CT molecular complexity index is 506. The highest BCUT2D eigenvalue weighted by atomic mass is 32.2. The molecule has 0 radical (unpaired) electrons. The zero-order valence-electron chi connectivity index (χ0n) is 12.3. The summed E-state index contributed by atoms with van der Waals surface area (Å²) in [5.74, 6) is 0.325. The van der Waals surface area contributed by atoms with E-state index in [0.29, 0.717) is 30.1 Å². The van der Waals surface area contributed by atoms with E-state index in [0.717, 1.165) is 0 Å². The van der Waals surface area contributed by atoms with Crippen molar-refractivity contribution in [2.45, 2.75) is 36.8 Å². The number of benzene rings is 1. The van der Waals surface area contributed by atoms with Crippen molar-refractivity contribution in [2.24, 2.45) is 0 Å². The fourth-order valence-electron chi connectivity index (χ4n) is 1.70. The van der Waals surface area contributed by atoms with Gasteiger partial charge in [0.1, 0.15) is 5.75 Å². The largest absolute Gasteiger partial charge is 0.497 e. The predicted octanol–water partition coefficient (Wildman–Crippen LogP) is 3.43. The number of methoxy groups -OCH3 is 1. The van der Waals surface area contributed by atoms with Crippen LogP contribution in [0.2, 0.25) is 0 Å². The minimum atomic E-state index is -0.417. The Kier molecular flexibility index (Phi) is 7.01. The molecule has 0 saturated heterocycles. The van der Waals surface area contributed by atoms with Gasteiger partial charge in [0, 0.05) is 23.8 Å². The number of rotatable bonds is 8. The average molecular weight is 313 g/mol. The number of nitro groups is 1. The van der Waals surface area contributed by atoms with E-state index in [9.17, 15) is 14.9 Å². The maximum atomic E-state index is 11.3. The molecule has 0 aliphatic carbocycles. The van der Waals surface area contributed by atoms with Crippen molar-refractivity contribution >= 4 is 23.4 Å². The van der Waals surface area contributed by atoms with Gasteiger partial charge in [-0.15, -0.1) is 11.8 Å². The molecule has 0 aliphatic heterocycles. The molecule has 116 valence electrons. The van der Waals surface area contributed by atoms with E-state index in [4.69, 9.17) is 9.47 Å². The van der Waals surface area contributed by atoms with E-state index in [1.54, 1.807) is 19.1 Å². The molecule has 0 heterocycles. The number of hydrogen-bond donors (Lipinski definition) is 0. The van der Waals surface area contributed by atoms with Crippen LogP contribution in [0.1, 0.15) is 26.7 Å². The molecule has 0 unspecified atom stereocenters. The van der Waals surface area contributed by atoms with Crippen LogP contribution >= 0.6 is 11.8 Å². The molecule has 1 aromatic carbocycles. The van der Waals surface area contributed by atoms with E-state index < -0.39 is 4.92 Å². The zero-order valence-corrected chi connectivity index (χ0v) is 13.1. The molecule has 6 nitrogen and oxygen atoms in total. The molecule has 0 N–H and O–H groups in total. The van der Waals surface area contributed by atoms with Crippen molar-refractivity contribution in [3.8, 4) is 5.75 Å². The molecular formula is C14H19NO5S. The third-order valence-electron chi connectivity index (χ3n) is 2.75. The molecule has 0 fully saturated rings. The maximum Gasteiger partial charge on any atom is 0.305 e. The summed E-state index contributed by atoms with van der Waals surface area (Å²) in [5, 5.41) is 11.1. The lowest BCUT2D eigenvalue weighted by atomic mass is 10.2. The lowest BCUT2D eigenvalue weighted by molar-refractivity contribution is -0.387. The first-order chi connectivity index (χ1) is 9.97. The summed E-state index contributed by atoms with van der Waals surface area (Å²) < 4.78 is 9.96. The number of carbonyl (C=O) groups excluding carboxylic acids is 1. The Morgan fingerprint density at radius 3 is 2.76 bits per heavy atom. The fourth-order valence-corrected chi connectivity index (χ4v) is 2.81. The summed E-state index contributed by atoms with van der Waals surface area (Å²) >= 11 is 1.36. The molecule has 0 amide bonds. The summed E-state index contributed by atoms with van der Waals surface area (Å²) in [7, 11) is 1.51. The third kappa shape index (κ3) is 5.63. The van der Waals surface area contributed by atoms with Crippen LogP contribution in [0.3, 0.4) is 0 Å². The van der Waals surface area contributed by atoms with Gasteiger partial charge in [0.2, 0.25) is 0 Å². The minimum absolute atomic E-state index is 0.0452. The molecule has 1 atom stereocenters. The van der Waals surface area contributed by atoms with Crippen LogP contribution in [0.15, 0.2) is 23.1 Å². The average Bonchev–Trinajstić information content (AvgIpc) is 2.45. The lowest BCUT2D eigenvalue weighted by Crippen LogP contribution is -2.07. The number of thioether (sulfide) groups is 1. The molecule has 0 aliphatic rings. The van der Waals surface area contributed by atoms with E-state index >= 15 is 0 Å². The van der Waals surface area contributed by atoms with E-state index in [2.05, 4.69) is 0 Å². The summed E-state index contributed by atoms with van der Waals surface area (Å²) in [5.41, 5.74) is 0.0452. The topological polar surface area (TPSA) is 78.7 Å². The highest BCUT2D eigenvalue weighted by Gasteiger charge is 2.18. The van der Waals surface area contributed by atoms with Crippen LogP contribution in [0.4, 0.5) is 5.69 Å². The van der Waals surface area contributed by atoms with E-state index in [1.807, 2.05) is 6.92 Å². The molecule has 0 bridgehead atoms. The highest BCUT2D eigenvalue weighted by molar-refractivity contribution is 8.00. The number of esters is 1. The van der Waals surface area contributed by atoms with Gasteiger partial charge in [-0.1, -0.05) is 6.92 Å². The minimum Gasteiger partial charge on any atom is -0.497 e. The number of ether oxygens (including phenoxy) is 2. The quantitative estimate of drug-likeness (QED) is 0.317. The first-order valence-electron chi connectivity index (χ1n) is 6.62. The molecule has 7 heteroatoms. The van der Waals surface area contributed by atoms with Gasteiger partial charge in [-0.05, 0) is 19.4 Å². The van der Waals surface area contributed by atoms with Crippen molar-refractivity contribution in [1.82, 2.24) is 0 Å². The van der Waals surface area contributed by atoms with Crippen LogP contribution in [-0.4, -0.2) is 29.9 Å². The monoisotopic (exact) mass is 313 g/mol. The molecule has 1 aromatic rings. The molecule has 1 rings (SSSR count). The first kappa shape index (κ1) is 17.3. The summed E-state index contributed by atoms with van der Waals surface area (Å²) in [4.78, 5) is 22.5. The maximum absolute atomic E-state index is 11.3. The van der Waals surface area contributed by atoms with Crippen LogP contribution < -0.4 is 4.74 Å². The molecule has 0 saturated carbocycles. The smallest absolute Gasteiger partial charge is 0.305 e. The SMILES string of the molecule is CCOC(=O)CC[C@H](C)Sc1cc(OC)ccc1[N+](=O)[O-]. The summed E-state index contributed by atoms with van der Waals surface area (Å²) in [6, 6.07) is 4.63. The second kappa shape index (κ2) is 8.51. The number of carbonyl (C=O) groups is 1. The van der Waals surface area contributed by atoms with Crippen molar-refractivity contribution in [1.29, 1.82) is 0 Å². The Balaban J connectivity index is 2.71. The Morgan fingerprint density at radius 1 is 1.48 bits per heavy atom. The second-order valence-corrected chi connectivity index (χ2v) is 5.84. The Labute approximate surface area is 128 Å². The van der Waals surface area contributed by atoms with Crippen molar-refractivity contribution in [3.63, 3.8) is 0 Å². The van der Waals surface area contributed by atoms with Gasteiger partial charge in [0.25, 0.3) is 5.69 Å². The fraction of sp³-hybridized carbons (Fsp3) is 0.500. The lowest BCUT2D eigenvalue weighted by Gasteiger charge is -2.11. The number of nitrogens with zero attached hydrogens (tertiary/aromatic N) is 1. The van der Waals surface area contributed by atoms with Gasteiger partial charge in [-0.25, -0.2) is 0 Å². The Morgan fingerprint density at radius 2 is 2.19 bits per heavy atom. The van der Waals surface area contributed by atoms with Crippen LogP contribution in [0.5, 0.6) is 5.75 Å². The molecule has 0 aromatic heterocycles. The van der Waals surface area contributed by atoms with E-state index in [1.165, 1.54) is 24.9 Å². The normalized spacial score (nSPS) is 11.8. The zero-order chi connectivity index (χ0) is 15.8. The highest BCUT2D eigenvalue weighted by Crippen LogP contribution is 2.36. The number of hydrogen-bond acceptors (Lipinski definition) is 6. The van der Waals surface area contributed by atoms with Gasteiger partial charge in [-0.3, -0.25) is 14.9 Å². The second-order valence-electron chi connectivity index (χ2n) is 4.36. The van der Waals surface area contributed by atoms with Crippen LogP contribution in [0.25, 0.3) is 0 Å².